The summed E-state index contributed by atoms with van der Waals surface area (Å²) in [5.74, 6) is 0. The molecule has 0 spiro atoms. The molecule has 8 heavy (non-hydrogen) atoms. The Morgan fingerprint density at radius 3 is 2.75 bits per heavy atom. The number of nitrogens with one attached hydrogen (secondary N) is 2. The van der Waals surface area contributed by atoms with Crippen molar-refractivity contribution in [2.45, 2.75) is 13.1 Å². The summed E-state index contributed by atoms with van der Waals surface area (Å²) in [6.07, 6.45) is 4.46. The molecule has 0 radical (unpaired) electrons. The second-order valence-corrected chi connectivity index (χ2v) is 2.59. The van der Waals surface area contributed by atoms with Gasteiger partial charge in [0.1, 0.15) is 0 Å². The van der Waals surface area contributed by atoms with Gasteiger partial charge in [0.15, 0.2) is 0 Å². The van der Waals surface area contributed by atoms with E-state index < -0.39 is 0 Å². The number of thioether (sulfide) groups is 1. The van der Waals surface area contributed by atoms with Crippen molar-refractivity contribution < 1.29 is 0 Å². The molecule has 1 aliphatic rings. The Labute approximate surface area is 53.7 Å². The molecule has 46 valence electrons. The molecule has 0 aliphatic carbocycles. The number of rotatable bonds is 1. The van der Waals surface area contributed by atoms with Gasteiger partial charge in [-0.15, -0.1) is 11.8 Å². The van der Waals surface area contributed by atoms with E-state index in [1.54, 1.807) is 11.8 Å². The molecule has 0 saturated heterocycles. The molecule has 0 aromatic carbocycles. The van der Waals surface area contributed by atoms with Crippen LogP contribution in [-0.2, 0) is 0 Å². The minimum absolute atomic E-state index is 0.414. The summed E-state index contributed by atoms with van der Waals surface area (Å²) >= 11 is 1.72. The van der Waals surface area contributed by atoms with Crippen LogP contribution in [0, 0.1) is 0 Å². The van der Waals surface area contributed by atoms with Gasteiger partial charge >= 0.3 is 0 Å². The first-order chi connectivity index (χ1) is 3.83. The highest BCUT2D eigenvalue weighted by Crippen LogP contribution is 2.10. The first kappa shape index (κ1) is 5.82. The highest BCUT2D eigenvalue weighted by atomic mass is 32.2. The van der Waals surface area contributed by atoms with Crippen molar-refractivity contribution in [2.75, 3.05) is 6.26 Å². The van der Waals surface area contributed by atoms with Crippen LogP contribution in [0.25, 0.3) is 0 Å². The Bertz CT molecular complexity index is 111. The summed E-state index contributed by atoms with van der Waals surface area (Å²) in [4.78, 5) is 0. The lowest BCUT2D eigenvalue weighted by Gasteiger charge is -2.04. The predicted molar refractivity (Wildman–Crippen MR) is 37.3 cm³/mol. The molecule has 0 bridgehead atoms. The molecule has 2 N–H and O–H groups in total. The fourth-order valence-electron chi connectivity index (χ4n) is 0.615. The molecule has 2 nitrogen and oxygen atoms in total. The Hall–Kier alpha value is -0.310. The third-order valence-electron chi connectivity index (χ3n) is 1.04. The SMILES string of the molecule is CSC1=CNC(C)N1. The van der Waals surface area contributed by atoms with Crippen LogP contribution < -0.4 is 10.6 Å². The fourth-order valence-corrected chi connectivity index (χ4v) is 1.10. The van der Waals surface area contributed by atoms with Gasteiger partial charge in [0.2, 0.25) is 0 Å². The molecular formula is C5H10N2S. The van der Waals surface area contributed by atoms with Crippen LogP contribution in [0.1, 0.15) is 6.92 Å². The van der Waals surface area contributed by atoms with Gasteiger partial charge in [0, 0.05) is 6.20 Å². The molecule has 0 amide bonds. The van der Waals surface area contributed by atoms with Crippen LogP contribution >= 0.6 is 11.8 Å². The zero-order valence-corrected chi connectivity index (χ0v) is 5.88. The Morgan fingerprint density at radius 1 is 1.75 bits per heavy atom. The van der Waals surface area contributed by atoms with Gasteiger partial charge < -0.3 is 10.6 Å². The Kier molecular flexibility index (Phi) is 1.68. The minimum atomic E-state index is 0.414. The van der Waals surface area contributed by atoms with E-state index in [-0.39, 0.29) is 0 Å². The first-order valence-corrected chi connectivity index (χ1v) is 3.82. The van der Waals surface area contributed by atoms with Gasteiger partial charge in [-0.2, -0.15) is 0 Å². The van der Waals surface area contributed by atoms with Crippen molar-refractivity contribution in [1.29, 1.82) is 0 Å². The molecule has 1 heterocycles. The van der Waals surface area contributed by atoms with Crippen LogP contribution in [-0.4, -0.2) is 12.4 Å². The average molecular weight is 130 g/mol. The normalized spacial score (nSPS) is 26.2. The summed E-state index contributed by atoms with van der Waals surface area (Å²) in [6.45, 7) is 2.08. The third-order valence-corrected chi connectivity index (χ3v) is 1.72. The second kappa shape index (κ2) is 2.31. The smallest absolute Gasteiger partial charge is 0.0935 e. The van der Waals surface area contributed by atoms with Gasteiger partial charge in [0.25, 0.3) is 0 Å². The highest BCUT2D eigenvalue weighted by molar-refractivity contribution is 8.02. The van der Waals surface area contributed by atoms with Crippen LogP contribution in [0.15, 0.2) is 11.2 Å². The fraction of sp³-hybridized carbons (Fsp3) is 0.600. The van der Waals surface area contributed by atoms with Gasteiger partial charge in [-0.3, -0.25) is 0 Å². The Morgan fingerprint density at radius 2 is 2.50 bits per heavy atom. The van der Waals surface area contributed by atoms with Crippen LogP contribution in [0.3, 0.4) is 0 Å². The maximum absolute atomic E-state index is 3.22. The highest BCUT2D eigenvalue weighted by Gasteiger charge is 2.06. The lowest BCUT2D eigenvalue weighted by molar-refractivity contribution is 0.622. The molecule has 1 aliphatic heterocycles. The van der Waals surface area contributed by atoms with Crippen LogP contribution in [0.4, 0.5) is 0 Å². The molecule has 1 rings (SSSR count). The van der Waals surface area contributed by atoms with Crippen molar-refractivity contribution in [3.05, 3.63) is 11.2 Å². The van der Waals surface area contributed by atoms with Gasteiger partial charge in [-0.1, -0.05) is 0 Å². The zero-order chi connectivity index (χ0) is 5.98. The number of hydrogen-bond acceptors (Lipinski definition) is 3. The molecular weight excluding hydrogens is 120 g/mol. The summed E-state index contributed by atoms with van der Waals surface area (Å²) in [7, 11) is 0. The van der Waals surface area contributed by atoms with Gasteiger partial charge in [-0.25, -0.2) is 0 Å². The van der Waals surface area contributed by atoms with E-state index in [9.17, 15) is 0 Å². The standard InChI is InChI=1S/C5H10N2S/c1-4-6-3-5(7-4)8-2/h3-4,6-7H,1-2H3. The molecule has 0 aromatic heterocycles. The summed E-state index contributed by atoms with van der Waals surface area (Å²) < 4.78 is 0. The van der Waals surface area contributed by atoms with Crippen molar-refractivity contribution in [3.63, 3.8) is 0 Å². The van der Waals surface area contributed by atoms with E-state index in [0.717, 1.165) is 0 Å². The Balaban J connectivity index is 2.37. The molecule has 0 saturated carbocycles. The van der Waals surface area contributed by atoms with Gasteiger partial charge in [-0.05, 0) is 13.2 Å². The van der Waals surface area contributed by atoms with Crippen molar-refractivity contribution in [1.82, 2.24) is 10.6 Å². The minimum Gasteiger partial charge on any atom is -0.369 e. The van der Waals surface area contributed by atoms with Gasteiger partial charge in [0.05, 0.1) is 11.2 Å². The summed E-state index contributed by atoms with van der Waals surface area (Å²) in [6, 6.07) is 0. The van der Waals surface area contributed by atoms with E-state index in [1.807, 2.05) is 6.20 Å². The topological polar surface area (TPSA) is 24.1 Å². The summed E-state index contributed by atoms with van der Waals surface area (Å²) in [5, 5.41) is 7.56. The number of hydrogen-bond donors (Lipinski definition) is 2. The van der Waals surface area contributed by atoms with Crippen LogP contribution in [0.2, 0.25) is 0 Å². The zero-order valence-electron chi connectivity index (χ0n) is 5.06. The molecule has 1 atom stereocenters. The average Bonchev–Trinajstić information content (AvgIpc) is 2.14. The van der Waals surface area contributed by atoms with E-state index in [0.29, 0.717) is 6.17 Å². The lowest BCUT2D eigenvalue weighted by Crippen LogP contribution is -2.27. The molecule has 0 fully saturated rings. The second-order valence-electron chi connectivity index (χ2n) is 1.75. The van der Waals surface area contributed by atoms with Crippen molar-refractivity contribution >= 4 is 11.8 Å². The van der Waals surface area contributed by atoms with E-state index in [1.165, 1.54) is 5.03 Å². The maximum atomic E-state index is 3.22. The quantitative estimate of drug-likeness (QED) is 0.546. The van der Waals surface area contributed by atoms with E-state index >= 15 is 0 Å². The summed E-state index contributed by atoms with van der Waals surface area (Å²) in [5.41, 5.74) is 0. The third kappa shape index (κ3) is 1.10. The van der Waals surface area contributed by atoms with E-state index in [2.05, 4.69) is 23.8 Å². The van der Waals surface area contributed by atoms with Crippen LogP contribution in [0.5, 0.6) is 0 Å². The maximum Gasteiger partial charge on any atom is 0.0935 e. The predicted octanol–water partition coefficient (Wildman–Crippen LogP) is 0.687. The van der Waals surface area contributed by atoms with E-state index in [4.69, 9.17) is 0 Å². The van der Waals surface area contributed by atoms with Crippen molar-refractivity contribution in [3.8, 4) is 0 Å². The lowest BCUT2D eigenvalue weighted by atomic mass is 10.6. The van der Waals surface area contributed by atoms with Crippen molar-refractivity contribution in [2.24, 2.45) is 0 Å². The first-order valence-electron chi connectivity index (χ1n) is 2.59. The monoisotopic (exact) mass is 130 g/mol. The molecule has 0 aromatic rings. The molecule has 1 unspecified atom stereocenters. The largest absolute Gasteiger partial charge is 0.369 e. The molecule has 3 heteroatoms.